The Bertz CT molecular complexity index is 738. The number of nitrogens with zero attached hydrogens (tertiary/aromatic N) is 1. The molecular formula is C22H27FN2O2. The van der Waals surface area contributed by atoms with E-state index in [0.29, 0.717) is 12.3 Å². The minimum Gasteiger partial charge on any atom is -0.508 e. The van der Waals surface area contributed by atoms with E-state index >= 15 is 0 Å². The molecule has 0 spiro atoms. The van der Waals surface area contributed by atoms with Gasteiger partial charge >= 0.3 is 6.03 Å². The second kappa shape index (κ2) is 8.89. The fourth-order valence-corrected chi connectivity index (χ4v) is 3.63. The predicted octanol–water partition coefficient (Wildman–Crippen LogP) is 4.44. The van der Waals surface area contributed by atoms with Crippen molar-refractivity contribution in [1.82, 2.24) is 10.2 Å². The van der Waals surface area contributed by atoms with E-state index in [9.17, 15) is 14.3 Å². The van der Waals surface area contributed by atoms with Crippen molar-refractivity contribution in [3.8, 4) is 5.75 Å². The summed E-state index contributed by atoms with van der Waals surface area (Å²) in [5.74, 6) is 0.463. The van der Waals surface area contributed by atoms with Gasteiger partial charge in [0, 0.05) is 19.1 Å². The first-order valence-corrected chi connectivity index (χ1v) is 9.64. The Hall–Kier alpha value is -2.56. The summed E-state index contributed by atoms with van der Waals surface area (Å²) < 4.78 is 13.0. The summed E-state index contributed by atoms with van der Waals surface area (Å²) >= 11 is 0. The summed E-state index contributed by atoms with van der Waals surface area (Å²) in [4.78, 5) is 14.5. The second-order valence-corrected chi connectivity index (χ2v) is 7.24. The Balaban J connectivity index is 1.50. The molecule has 1 saturated heterocycles. The van der Waals surface area contributed by atoms with Gasteiger partial charge in [-0.1, -0.05) is 31.2 Å². The molecule has 5 heteroatoms. The highest BCUT2D eigenvalue weighted by Crippen LogP contribution is 2.29. The Kier molecular flexibility index (Phi) is 6.32. The first-order chi connectivity index (χ1) is 13.0. The molecule has 1 fully saturated rings. The highest BCUT2D eigenvalue weighted by molar-refractivity contribution is 5.74. The molecular weight excluding hydrogens is 343 g/mol. The third kappa shape index (κ3) is 5.22. The minimum atomic E-state index is -0.243. The number of phenolic OH excluding ortho intramolecular Hbond substituents is 1. The molecule has 2 aromatic carbocycles. The van der Waals surface area contributed by atoms with Gasteiger partial charge in [-0.25, -0.2) is 9.18 Å². The lowest BCUT2D eigenvalue weighted by molar-refractivity contribution is 0.177. The number of hydrogen-bond donors (Lipinski definition) is 2. The second-order valence-electron chi connectivity index (χ2n) is 7.24. The predicted molar refractivity (Wildman–Crippen MR) is 104 cm³/mol. The normalized spacial score (nSPS) is 16.1. The van der Waals surface area contributed by atoms with E-state index in [4.69, 9.17) is 0 Å². The quantitative estimate of drug-likeness (QED) is 0.817. The number of carbonyl (C=O) groups excluding carboxylic acids is 1. The number of nitrogens with one attached hydrogen (secondary N) is 1. The average Bonchev–Trinajstić information content (AvgIpc) is 2.70. The van der Waals surface area contributed by atoms with Gasteiger partial charge in [0.1, 0.15) is 11.6 Å². The zero-order valence-corrected chi connectivity index (χ0v) is 15.7. The number of benzene rings is 2. The maximum absolute atomic E-state index is 13.0. The van der Waals surface area contributed by atoms with Crippen molar-refractivity contribution >= 4 is 6.03 Å². The molecule has 0 radical (unpaired) electrons. The van der Waals surface area contributed by atoms with Crippen LogP contribution in [0.3, 0.4) is 0 Å². The first kappa shape index (κ1) is 19.2. The number of carbonyl (C=O) groups is 1. The fourth-order valence-electron chi connectivity index (χ4n) is 3.63. The Labute approximate surface area is 160 Å². The first-order valence-electron chi connectivity index (χ1n) is 9.64. The maximum atomic E-state index is 13.0. The molecule has 27 heavy (non-hydrogen) atoms. The lowest BCUT2D eigenvalue weighted by Crippen LogP contribution is -2.48. The van der Waals surface area contributed by atoms with Crippen LogP contribution in [0.5, 0.6) is 5.75 Å². The van der Waals surface area contributed by atoms with Crippen molar-refractivity contribution < 1.29 is 14.3 Å². The third-order valence-electron chi connectivity index (χ3n) is 5.36. The van der Waals surface area contributed by atoms with Crippen molar-refractivity contribution in [1.29, 1.82) is 0 Å². The number of rotatable bonds is 5. The highest BCUT2D eigenvalue weighted by Gasteiger charge is 2.25. The van der Waals surface area contributed by atoms with Crippen molar-refractivity contribution in [2.75, 3.05) is 13.1 Å². The van der Waals surface area contributed by atoms with Gasteiger partial charge in [0.2, 0.25) is 0 Å². The smallest absolute Gasteiger partial charge is 0.317 e. The van der Waals surface area contributed by atoms with Crippen LogP contribution in [-0.2, 0) is 6.42 Å². The molecule has 4 nitrogen and oxygen atoms in total. The summed E-state index contributed by atoms with van der Waals surface area (Å²) in [5.41, 5.74) is 2.24. The molecule has 2 amide bonds. The van der Waals surface area contributed by atoms with E-state index in [2.05, 4.69) is 5.32 Å². The monoisotopic (exact) mass is 370 g/mol. The zero-order chi connectivity index (χ0) is 19.2. The number of urea groups is 1. The van der Waals surface area contributed by atoms with Gasteiger partial charge in [-0.05, 0) is 67.0 Å². The van der Waals surface area contributed by atoms with Gasteiger partial charge in [0.25, 0.3) is 0 Å². The maximum Gasteiger partial charge on any atom is 0.317 e. The van der Waals surface area contributed by atoms with Crippen molar-refractivity contribution in [2.45, 2.75) is 44.6 Å². The van der Waals surface area contributed by atoms with Crippen LogP contribution in [0, 0.1) is 5.82 Å². The molecule has 2 aromatic rings. The molecule has 0 bridgehead atoms. The van der Waals surface area contributed by atoms with Crippen molar-refractivity contribution in [2.24, 2.45) is 0 Å². The van der Waals surface area contributed by atoms with Gasteiger partial charge in [0.15, 0.2) is 0 Å². The summed E-state index contributed by atoms with van der Waals surface area (Å²) in [5, 5.41) is 12.5. The van der Waals surface area contributed by atoms with Crippen molar-refractivity contribution in [3.05, 3.63) is 65.5 Å². The van der Waals surface area contributed by atoms with Gasteiger partial charge in [0.05, 0.1) is 0 Å². The van der Waals surface area contributed by atoms with Crippen LogP contribution in [0.25, 0.3) is 0 Å². The third-order valence-corrected chi connectivity index (χ3v) is 5.36. The molecule has 144 valence electrons. The van der Waals surface area contributed by atoms with E-state index in [-0.39, 0.29) is 23.6 Å². The van der Waals surface area contributed by atoms with Crippen LogP contribution < -0.4 is 5.32 Å². The largest absolute Gasteiger partial charge is 0.508 e. The molecule has 1 unspecified atom stereocenters. The Morgan fingerprint density at radius 2 is 1.78 bits per heavy atom. The number of piperidine rings is 1. The molecule has 0 saturated carbocycles. The SMILES string of the molecule is CCC(Cc1ccc(F)cc1)NC(=O)N1CCC(c2ccc(O)cc2)CC1. The molecule has 2 N–H and O–H groups in total. The standard InChI is InChI=1S/C22H27FN2O2/c1-2-20(15-16-3-7-19(23)8-4-16)24-22(27)25-13-11-18(12-14-25)17-5-9-21(26)10-6-17/h3-10,18,20,26H,2,11-15H2,1H3,(H,24,27). The lowest BCUT2D eigenvalue weighted by Gasteiger charge is -2.33. The number of amides is 2. The summed E-state index contributed by atoms with van der Waals surface area (Å²) in [6, 6.07) is 13.8. The van der Waals surface area contributed by atoms with Crippen LogP contribution in [0.2, 0.25) is 0 Å². The molecule has 0 aromatic heterocycles. The van der Waals surface area contributed by atoms with Crippen LogP contribution >= 0.6 is 0 Å². The lowest BCUT2D eigenvalue weighted by atomic mass is 9.89. The van der Waals surface area contributed by atoms with Crippen LogP contribution in [0.4, 0.5) is 9.18 Å². The van der Waals surface area contributed by atoms with Gasteiger partial charge < -0.3 is 15.3 Å². The zero-order valence-electron chi connectivity index (χ0n) is 15.7. The molecule has 3 rings (SSSR count). The number of halogens is 1. The number of likely N-dealkylation sites (tertiary alicyclic amines) is 1. The number of phenols is 1. The van der Waals surface area contributed by atoms with E-state index in [1.807, 2.05) is 24.0 Å². The van der Waals surface area contributed by atoms with Crippen molar-refractivity contribution in [3.63, 3.8) is 0 Å². The molecule has 1 heterocycles. The average molecular weight is 370 g/mol. The molecule has 0 aliphatic carbocycles. The summed E-state index contributed by atoms with van der Waals surface area (Å²) in [6.07, 6.45) is 3.37. The number of hydrogen-bond acceptors (Lipinski definition) is 2. The van der Waals surface area contributed by atoms with E-state index in [0.717, 1.165) is 37.9 Å². The van der Waals surface area contributed by atoms with E-state index in [1.54, 1.807) is 24.3 Å². The number of aromatic hydroxyl groups is 1. The molecule has 1 aliphatic heterocycles. The Morgan fingerprint density at radius 3 is 2.37 bits per heavy atom. The minimum absolute atomic E-state index is 0.0203. The van der Waals surface area contributed by atoms with Crippen LogP contribution in [0.1, 0.15) is 43.2 Å². The Morgan fingerprint density at radius 1 is 1.15 bits per heavy atom. The fraction of sp³-hybridized carbons (Fsp3) is 0.409. The topological polar surface area (TPSA) is 52.6 Å². The molecule has 1 aliphatic rings. The van der Waals surface area contributed by atoms with Gasteiger partial charge in [-0.2, -0.15) is 0 Å². The van der Waals surface area contributed by atoms with E-state index in [1.165, 1.54) is 17.7 Å². The van der Waals surface area contributed by atoms with Gasteiger partial charge in [-0.15, -0.1) is 0 Å². The van der Waals surface area contributed by atoms with Crippen LogP contribution in [0.15, 0.2) is 48.5 Å². The summed E-state index contributed by atoms with van der Waals surface area (Å²) in [7, 11) is 0. The van der Waals surface area contributed by atoms with Crippen LogP contribution in [-0.4, -0.2) is 35.2 Å². The molecule has 1 atom stereocenters. The van der Waals surface area contributed by atoms with E-state index < -0.39 is 0 Å². The highest BCUT2D eigenvalue weighted by atomic mass is 19.1. The van der Waals surface area contributed by atoms with Gasteiger partial charge in [-0.3, -0.25) is 0 Å². The summed E-state index contributed by atoms with van der Waals surface area (Å²) in [6.45, 7) is 3.50.